The van der Waals surface area contributed by atoms with Crippen LogP contribution >= 0.6 is 0 Å². The Morgan fingerprint density at radius 3 is 2.56 bits per heavy atom. The van der Waals surface area contributed by atoms with Gasteiger partial charge in [0.15, 0.2) is 0 Å². The van der Waals surface area contributed by atoms with Crippen LogP contribution in [-0.2, 0) is 4.79 Å². The third kappa shape index (κ3) is 5.27. The Hall–Kier alpha value is -1.42. The number of hydrogen-bond donors (Lipinski definition) is 2. The molecule has 0 aromatic heterocycles. The standard InChI is InChI=1S/C14H21FN2O/c1-11(12-6-8-13(15)9-7-12)17-14(18)5-3-2-4-10-16/h6-9,11H,2-5,10,16H2,1H3,(H,17,18). The van der Waals surface area contributed by atoms with Gasteiger partial charge in [0.05, 0.1) is 6.04 Å². The second kappa shape index (κ2) is 7.82. The Labute approximate surface area is 108 Å². The average molecular weight is 252 g/mol. The minimum atomic E-state index is -0.265. The maximum atomic E-state index is 12.8. The van der Waals surface area contributed by atoms with Gasteiger partial charge in [-0.15, -0.1) is 0 Å². The molecule has 0 radical (unpaired) electrons. The summed E-state index contributed by atoms with van der Waals surface area (Å²) < 4.78 is 12.8. The largest absolute Gasteiger partial charge is 0.350 e. The lowest BCUT2D eigenvalue weighted by molar-refractivity contribution is -0.121. The molecule has 0 spiro atoms. The van der Waals surface area contributed by atoms with E-state index in [1.165, 1.54) is 12.1 Å². The summed E-state index contributed by atoms with van der Waals surface area (Å²) in [4.78, 5) is 11.6. The second-order valence-corrected chi connectivity index (χ2v) is 4.44. The predicted molar refractivity (Wildman–Crippen MR) is 70.5 cm³/mol. The lowest BCUT2D eigenvalue weighted by atomic mass is 10.1. The first-order valence-corrected chi connectivity index (χ1v) is 6.38. The molecule has 0 heterocycles. The van der Waals surface area contributed by atoms with Gasteiger partial charge < -0.3 is 11.1 Å². The van der Waals surface area contributed by atoms with Crippen LogP contribution in [0.5, 0.6) is 0 Å². The van der Waals surface area contributed by atoms with Gasteiger partial charge in [-0.1, -0.05) is 18.6 Å². The molecule has 0 fully saturated rings. The molecule has 1 aromatic rings. The van der Waals surface area contributed by atoms with Crippen molar-refractivity contribution in [3.05, 3.63) is 35.6 Å². The van der Waals surface area contributed by atoms with Crippen molar-refractivity contribution >= 4 is 5.91 Å². The smallest absolute Gasteiger partial charge is 0.220 e. The van der Waals surface area contributed by atoms with Crippen molar-refractivity contribution in [2.24, 2.45) is 5.73 Å². The Balaban J connectivity index is 2.33. The normalized spacial score (nSPS) is 12.2. The van der Waals surface area contributed by atoms with Crippen molar-refractivity contribution in [1.82, 2.24) is 5.32 Å². The van der Waals surface area contributed by atoms with E-state index < -0.39 is 0 Å². The zero-order chi connectivity index (χ0) is 13.4. The van der Waals surface area contributed by atoms with Gasteiger partial charge in [0.1, 0.15) is 5.82 Å². The molecule has 0 bridgehead atoms. The number of carbonyl (C=O) groups excluding carboxylic acids is 1. The minimum absolute atomic E-state index is 0.0313. The summed E-state index contributed by atoms with van der Waals surface area (Å²) in [6.45, 7) is 2.57. The van der Waals surface area contributed by atoms with Crippen molar-refractivity contribution in [1.29, 1.82) is 0 Å². The number of unbranched alkanes of at least 4 members (excludes halogenated alkanes) is 2. The lowest BCUT2D eigenvalue weighted by Gasteiger charge is -2.14. The number of nitrogens with two attached hydrogens (primary N) is 1. The van der Waals surface area contributed by atoms with Gasteiger partial charge in [-0.25, -0.2) is 4.39 Å². The highest BCUT2D eigenvalue weighted by Gasteiger charge is 2.09. The molecule has 0 aliphatic rings. The van der Waals surface area contributed by atoms with Gasteiger partial charge in [-0.3, -0.25) is 4.79 Å². The van der Waals surface area contributed by atoms with Crippen LogP contribution in [-0.4, -0.2) is 12.5 Å². The first kappa shape index (κ1) is 14.6. The second-order valence-electron chi connectivity index (χ2n) is 4.44. The molecule has 0 aliphatic carbocycles. The highest BCUT2D eigenvalue weighted by molar-refractivity contribution is 5.76. The van der Waals surface area contributed by atoms with Crippen molar-refractivity contribution in [3.8, 4) is 0 Å². The molecule has 3 N–H and O–H groups in total. The summed E-state index contributed by atoms with van der Waals surface area (Å²) in [5.74, 6) is -0.233. The summed E-state index contributed by atoms with van der Waals surface area (Å²) in [6.07, 6.45) is 3.32. The highest BCUT2D eigenvalue weighted by atomic mass is 19.1. The van der Waals surface area contributed by atoms with Gasteiger partial charge in [-0.05, 0) is 44.0 Å². The molecule has 1 rings (SSSR count). The Bertz CT molecular complexity index is 365. The summed E-state index contributed by atoms with van der Waals surface area (Å²) in [5, 5.41) is 2.90. The molecular formula is C14H21FN2O. The fourth-order valence-corrected chi connectivity index (χ4v) is 1.76. The first-order chi connectivity index (χ1) is 8.63. The molecule has 3 nitrogen and oxygen atoms in total. The van der Waals surface area contributed by atoms with Crippen LogP contribution in [0, 0.1) is 5.82 Å². The molecule has 18 heavy (non-hydrogen) atoms. The maximum absolute atomic E-state index is 12.8. The van der Waals surface area contributed by atoms with E-state index in [4.69, 9.17) is 5.73 Å². The number of amides is 1. The molecule has 1 amide bonds. The number of hydrogen-bond acceptors (Lipinski definition) is 2. The molecule has 0 saturated heterocycles. The monoisotopic (exact) mass is 252 g/mol. The first-order valence-electron chi connectivity index (χ1n) is 6.38. The molecule has 100 valence electrons. The van der Waals surface area contributed by atoms with E-state index in [1.807, 2.05) is 6.92 Å². The van der Waals surface area contributed by atoms with Crippen molar-refractivity contribution in [2.45, 2.75) is 38.6 Å². The quantitative estimate of drug-likeness (QED) is 0.733. The third-order valence-corrected chi connectivity index (χ3v) is 2.86. The van der Waals surface area contributed by atoms with Crippen molar-refractivity contribution in [3.63, 3.8) is 0 Å². The van der Waals surface area contributed by atoms with Crippen LogP contribution in [0.1, 0.15) is 44.2 Å². The molecule has 1 aromatic carbocycles. The maximum Gasteiger partial charge on any atom is 0.220 e. The van der Waals surface area contributed by atoms with Crippen LogP contribution in [0.15, 0.2) is 24.3 Å². The van der Waals surface area contributed by atoms with E-state index in [0.29, 0.717) is 13.0 Å². The van der Waals surface area contributed by atoms with Crippen LogP contribution in [0.3, 0.4) is 0 Å². The van der Waals surface area contributed by atoms with Crippen LogP contribution < -0.4 is 11.1 Å². The zero-order valence-electron chi connectivity index (χ0n) is 10.8. The number of nitrogens with one attached hydrogen (secondary N) is 1. The Morgan fingerprint density at radius 1 is 1.28 bits per heavy atom. The van der Waals surface area contributed by atoms with E-state index in [0.717, 1.165) is 24.8 Å². The highest BCUT2D eigenvalue weighted by Crippen LogP contribution is 2.13. The summed E-state index contributed by atoms with van der Waals surface area (Å²) in [5.41, 5.74) is 6.29. The summed E-state index contributed by atoms with van der Waals surface area (Å²) >= 11 is 0. The number of rotatable bonds is 7. The number of halogens is 1. The van der Waals surface area contributed by atoms with E-state index in [2.05, 4.69) is 5.32 Å². The molecular weight excluding hydrogens is 231 g/mol. The van der Waals surface area contributed by atoms with Gasteiger partial charge in [0.25, 0.3) is 0 Å². The van der Waals surface area contributed by atoms with Crippen LogP contribution in [0.2, 0.25) is 0 Å². The van der Waals surface area contributed by atoms with E-state index in [9.17, 15) is 9.18 Å². The Morgan fingerprint density at radius 2 is 1.94 bits per heavy atom. The van der Waals surface area contributed by atoms with Crippen LogP contribution in [0.25, 0.3) is 0 Å². The van der Waals surface area contributed by atoms with Crippen molar-refractivity contribution < 1.29 is 9.18 Å². The fourth-order valence-electron chi connectivity index (χ4n) is 1.76. The van der Waals surface area contributed by atoms with Gasteiger partial charge in [0, 0.05) is 6.42 Å². The van der Waals surface area contributed by atoms with E-state index in [1.54, 1.807) is 12.1 Å². The molecule has 0 aliphatic heterocycles. The van der Waals surface area contributed by atoms with E-state index in [-0.39, 0.29) is 17.8 Å². The molecule has 1 unspecified atom stereocenters. The summed E-state index contributed by atoms with van der Waals surface area (Å²) in [6, 6.07) is 6.09. The van der Waals surface area contributed by atoms with Gasteiger partial charge >= 0.3 is 0 Å². The SMILES string of the molecule is CC(NC(=O)CCCCCN)c1ccc(F)cc1. The van der Waals surface area contributed by atoms with Gasteiger partial charge in [0.2, 0.25) is 5.91 Å². The van der Waals surface area contributed by atoms with E-state index >= 15 is 0 Å². The molecule has 4 heteroatoms. The zero-order valence-corrected chi connectivity index (χ0v) is 10.8. The molecule has 0 saturated carbocycles. The minimum Gasteiger partial charge on any atom is -0.350 e. The van der Waals surface area contributed by atoms with Crippen molar-refractivity contribution in [2.75, 3.05) is 6.54 Å². The van der Waals surface area contributed by atoms with Gasteiger partial charge in [-0.2, -0.15) is 0 Å². The average Bonchev–Trinajstić information content (AvgIpc) is 2.35. The summed E-state index contributed by atoms with van der Waals surface area (Å²) in [7, 11) is 0. The predicted octanol–water partition coefficient (Wildman–Crippen LogP) is 2.52. The number of carbonyl (C=O) groups is 1. The number of benzene rings is 1. The Kier molecular flexibility index (Phi) is 6.36. The fraction of sp³-hybridized carbons (Fsp3) is 0.500. The topological polar surface area (TPSA) is 55.1 Å². The molecule has 1 atom stereocenters. The van der Waals surface area contributed by atoms with Crippen LogP contribution in [0.4, 0.5) is 4.39 Å². The third-order valence-electron chi connectivity index (χ3n) is 2.86. The lowest BCUT2D eigenvalue weighted by Crippen LogP contribution is -2.26.